The lowest BCUT2D eigenvalue weighted by Gasteiger charge is -2.30. The number of rotatable bonds is 3. The summed E-state index contributed by atoms with van der Waals surface area (Å²) in [5, 5.41) is 8.08. The standard InChI is InChI=1S/C14H21N3O3S/c1-10-5-6-12(21(15,19)20)8-13(10)14(18)16-11-4-3-7-17(2)9-11/h5-6,8,11H,3-4,7,9H2,1-2H3,(H,16,18)(H2,15,19,20)/t11-/m0/s1. The number of nitrogens with one attached hydrogen (secondary N) is 1. The fourth-order valence-electron chi connectivity index (χ4n) is 2.57. The molecule has 1 saturated heterocycles. The van der Waals surface area contributed by atoms with Crippen LogP contribution >= 0.6 is 0 Å². The molecule has 0 saturated carbocycles. The number of benzene rings is 1. The van der Waals surface area contributed by atoms with E-state index in [9.17, 15) is 13.2 Å². The van der Waals surface area contributed by atoms with E-state index in [-0.39, 0.29) is 16.8 Å². The van der Waals surface area contributed by atoms with Crippen LogP contribution in [0.4, 0.5) is 0 Å². The van der Waals surface area contributed by atoms with E-state index in [1.807, 2.05) is 7.05 Å². The van der Waals surface area contributed by atoms with Crippen molar-refractivity contribution in [3.63, 3.8) is 0 Å². The predicted molar refractivity (Wildman–Crippen MR) is 80.5 cm³/mol. The maximum absolute atomic E-state index is 12.4. The first kappa shape index (κ1) is 15.9. The third-order valence-electron chi connectivity index (χ3n) is 3.74. The van der Waals surface area contributed by atoms with Crippen molar-refractivity contribution >= 4 is 15.9 Å². The molecule has 0 unspecified atom stereocenters. The molecule has 1 aromatic rings. The summed E-state index contributed by atoms with van der Waals surface area (Å²) in [6.45, 7) is 3.61. The summed E-state index contributed by atoms with van der Waals surface area (Å²) in [6, 6.07) is 4.44. The van der Waals surface area contributed by atoms with Gasteiger partial charge in [-0.3, -0.25) is 4.79 Å². The first-order chi connectivity index (χ1) is 9.77. The molecule has 0 spiro atoms. The van der Waals surface area contributed by atoms with Crippen molar-refractivity contribution in [2.75, 3.05) is 20.1 Å². The molecular formula is C14H21N3O3S. The molecule has 1 amide bonds. The second kappa shape index (κ2) is 6.13. The van der Waals surface area contributed by atoms with Crippen molar-refractivity contribution < 1.29 is 13.2 Å². The molecule has 1 aliphatic rings. The quantitative estimate of drug-likeness (QED) is 0.848. The molecule has 116 valence electrons. The molecule has 1 heterocycles. The highest BCUT2D eigenvalue weighted by Crippen LogP contribution is 2.16. The van der Waals surface area contributed by atoms with E-state index in [1.165, 1.54) is 12.1 Å². The number of carbonyl (C=O) groups is 1. The van der Waals surface area contributed by atoms with Crippen molar-refractivity contribution in [3.8, 4) is 0 Å². The number of amides is 1. The Morgan fingerprint density at radius 1 is 1.43 bits per heavy atom. The number of likely N-dealkylation sites (N-methyl/N-ethyl adjacent to an activating group) is 1. The van der Waals surface area contributed by atoms with E-state index in [4.69, 9.17) is 5.14 Å². The minimum absolute atomic E-state index is 0.0426. The van der Waals surface area contributed by atoms with Gasteiger partial charge in [0.15, 0.2) is 0 Å². The van der Waals surface area contributed by atoms with Gasteiger partial charge in [-0.1, -0.05) is 6.07 Å². The van der Waals surface area contributed by atoms with Crippen molar-refractivity contribution in [2.24, 2.45) is 5.14 Å². The monoisotopic (exact) mass is 311 g/mol. The van der Waals surface area contributed by atoms with Crippen LogP contribution in [-0.2, 0) is 10.0 Å². The zero-order valence-electron chi connectivity index (χ0n) is 12.3. The number of carbonyl (C=O) groups excluding carboxylic acids is 1. The summed E-state index contributed by atoms with van der Waals surface area (Å²) in [5.41, 5.74) is 1.08. The van der Waals surface area contributed by atoms with Gasteiger partial charge in [0.2, 0.25) is 10.0 Å². The largest absolute Gasteiger partial charge is 0.348 e. The van der Waals surface area contributed by atoms with Gasteiger partial charge in [-0.25, -0.2) is 13.6 Å². The smallest absolute Gasteiger partial charge is 0.251 e. The molecule has 0 bridgehead atoms. The lowest BCUT2D eigenvalue weighted by atomic mass is 10.0. The van der Waals surface area contributed by atoms with Gasteiger partial charge in [0.1, 0.15) is 0 Å². The summed E-state index contributed by atoms with van der Waals surface area (Å²) in [4.78, 5) is 14.5. The molecule has 3 N–H and O–H groups in total. The number of nitrogens with two attached hydrogens (primary N) is 1. The summed E-state index contributed by atoms with van der Waals surface area (Å²) < 4.78 is 22.8. The topological polar surface area (TPSA) is 92.5 Å². The van der Waals surface area contributed by atoms with Crippen LogP contribution in [-0.4, -0.2) is 45.4 Å². The first-order valence-corrected chi connectivity index (χ1v) is 8.45. The minimum Gasteiger partial charge on any atom is -0.348 e. The first-order valence-electron chi connectivity index (χ1n) is 6.90. The Hall–Kier alpha value is -1.44. The Balaban J connectivity index is 2.18. The molecule has 6 nitrogen and oxygen atoms in total. The Labute approximate surface area is 125 Å². The summed E-state index contributed by atoms with van der Waals surface area (Å²) >= 11 is 0. The lowest BCUT2D eigenvalue weighted by Crippen LogP contribution is -2.46. The SMILES string of the molecule is Cc1ccc(S(N)(=O)=O)cc1C(=O)N[C@H]1CCCN(C)C1. The molecular weight excluding hydrogens is 290 g/mol. The number of piperidine rings is 1. The Kier molecular flexibility index (Phi) is 4.65. The molecule has 1 aliphatic heterocycles. The molecule has 21 heavy (non-hydrogen) atoms. The number of hydrogen-bond donors (Lipinski definition) is 2. The molecule has 1 atom stereocenters. The van der Waals surface area contributed by atoms with Crippen LogP contribution in [0.2, 0.25) is 0 Å². The maximum Gasteiger partial charge on any atom is 0.251 e. The predicted octanol–water partition coefficient (Wildman–Crippen LogP) is 0.466. The fraction of sp³-hybridized carbons (Fsp3) is 0.500. The highest BCUT2D eigenvalue weighted by atomic mass is 32.2. The summed E-state index contributed by atoms with van der Waals surface area (Å²) in [7, 11) is -1.79. The zero-order chi connectivity index (χ0) is 15.6. The number of primary sulfonamides is 1. The van der Waals surface area contributed by atoms with Gasteiger partial charge >= 0.3 is 0 Å². The van der Waals surface area contributed by atoms with E-state index >= 15 is 0 Å². The average molecular weight is 311 g/mol. The minimum atomic E-state index is -3.81. The number of aryl methyl sites for hydroxylation is 1. The summed E-state index contributed by atoms with van der Waals surface area (Å²) in [6.07, 6.45) is 1.97. The number of sulfonamides is 1. The molecule has 7 heteroatoms. The van der Waals surface area contributed by atoms with Gasteiger partial charge in [-0.15, -0.1) is 0 Å². The van der Waals surface area contributed by atoms with E-state index in [2.05, 4.69) is 10.2 Å². The number of likely N-dealkylation sites (tertiary alicyclic amines) is 1. The normalized spacial score (nSPS) is 20.2. The van der Waals surface area contributed by atoms with Crippen molar-refractivity contribution in [1.82, 2.24) is 10.2 Å². The van der Waals surface area contributed by atoms with Crippen LogP contribution in [0.25, 0.3) is 0 Å². The van der Waals surface area contributed by atoms with E-state index in [0.717, 1.165) is 31.5 Å². The fourth-order valence-corrected chi connectivity index (χ4v) is 3.11. The van der Waals surface area contributed by atoms with E-state index in [1.54, 1.807) is 13.0 Å². The number of nitrogens with zero attached hydrogens (tertiary/aromatic N) is 1. The van der Waals surface area contributed by atoms with Crippen LogP contribution in [0.3, 0.4) is 0 Å². The van der Waals surface area contributed by atoms with Crippen molar-refractivity contribution in [2.45, 2.75) is 30.7 Å². The lowest BCUT2D eigenvalue weighted by molar-refractivity contribution is 0.0911. The Morgan fingerprint density at radius 2 is 2.14 bits per heavy atom. The third kappa shape index (κ3) is 4.03. The highest BCUT2D eigenvalue weighted by Gasteiger charge is 2.21. The number of hydrogen-bond acceptors (Lipinski definition) is 4. The molecule has 2 rings (SSSR count). The van der Waals surface area contributed by atoms with Gasteiger partial charge in [0.05, 0.1) is 4.90 Å². The van der Waals surface area contributed by atoms with Gasteiger partial charge in [0.25, 0.3) is 5.91 Å². The van der Waals surface area contributed by atoms with E-state index < -0.39 is 10.0 Å². The third-order valence-corrected chi connectivity index (χ3v) is 4.65. The Morgan fingerprint density at radius 3 is 2.76 bits per heavy atom. The molecule has 0 radical (unpaired) electrons. The van der Waals surface area contributed by atoms with Crippen LogP contribution < -0.4 is 10.5 Å². The highest BCUT2D eigenvalue weighted by molar-refractivity contribution is 7.89. The van der Waals surface area contributed by atoms with Crippen LogP contribution in [0.15, 0.2) is 23.1 Å². The van der Waals surface area contributed by atoms with Crippen LogP contribution in [0.1, 0.15) is 28.8 Å². The van der Waals surface area contributed by atoms with Gasteiger partial charge in [0, 0.05) is 18.2 Å². The van der Waals surface area contributed by atoms with Gasteiger partial charge in [-0.2, -0.15) is 0 Å². The second-order valence-electron chi connectivity index (χ2n) is 5.60. The molecule has 1 aromatic carbocycles. The van der Waals surface area contributed by atoms with Crippen LogP contribution in [0, 0.1) is 6.92 Å². The Bertz CT molecular complexity index is 643. The van der Waals surface area contributed by atoms with Crippen molar-refractivity contribution in [3.05, 3.63) is 29.3 Å². The summed E-state index contributed by atoms with van der Waals surface area (Å²) in [5.74, 6) is -0.252. The van der Waals surface area contributed by atoms with E-state index in [0.29, 0.717) is 5.56 Å². The van der Waals surface area contributed by atoms with Gasteiger partial charge < -0.3 is 10.2 Å². The molecule has 0 aliphatic carbocycles. The molecule has 0 aromatic heterocycles. The average Bonchev–Trinajstić information content (AvgIpc) is 2.37. The second-order valence-corrected chi connectivity index (χ2v) is 7.16. The maximum atomic E-state index is 12.4. The van der Waals surface area contributed by atoms with Crippen molar-refractivity contribution in [1.29, 1.82) is 0 Å². The molecule has 1 fully saturated rings. The zero-order valence-corrected chi connectivity index (χ0v) is 13.1. The van der Waals surface area contributed by atoms with Crippen LogP contribution in [0.5, 0.6) is 0 Å². The van der Waals surface area contributed by atoms with Gasteiger partial charge in [-0.05, 0) is 51.1 Å².